The predicted octanol–water partition coefficient (Wildman–Crippen LogP) is 2.46. The van der Waals surface area contributed by atoms with E-state index in [-0.39, 0.29) is 16.5 Å². The van der Waals surface area contributed by atoms with Gasteiger partial charge < -0.3 is 14.8 Å². The van der Waals surface area contributed by atoms with Crippen molar-refractivity contribution in [1.29, 1.82) is 0 Å². The summed E-state index contributed by atoms with van der Waals surface area (Å²) in [7, 11) is -0.975. The van der Waals surface area contributed by atoms with E-state index in [1.807, 2.05) is 0 Å². The largest absolute Gasteiger partial charge is 0.493 e. The van der Waals surface area contributed by atoms with Crippen LogP contribution in [0.4, 0.5) is 11.4 Å². The Kier molecular flexibility index (Phi) is 5.30. The number of hydrogen-bond acceptors (Lipinski definition) is 5. The molecule has 0 saturated carbocycles. The highest BCUT2D eigenvalue weighted by molar-refractivity contribution is 7.92. The van der Waals surface area contributed by atoms with E-state index in [0.29, 0.717) is 17.2 Å². The molecule has 0 aromatic heterocycles. The summed E-state index contributed by atoms with van der Waals surface area (Å²) in [5, 5.41) is 2.58. The highest BCUT2D eigenvalue weighted by Crippen LogP contribution is 2.31. The summed E-state index contributed by atoms with van der Waals surface area (Å²) in [4.78, 5) is 11.2. The molecule has 7 nitrogen and oxygen atoms in total. The second-order valence-electron chi connectivity index (χ2n) is 4.85. The van der Waals surface area contributed by atoms with Crippen LogP contribution in [0.25, 0.3) is 0 Å². The van der Waals surface area contributed by atoms with Crippen LogP contribution in [-0.4, -0.2) is 28.5 Å². The Morgan fingerprint density at radius 2 is 1.58 bits per heavy atom. The highest BCUT2D eigenvalue weighted by atomic mass is 32.2. The third-order valence-electron chi connectivity index (χ3n) is 3.15. The maximum Gasteiger partial charge on any atom is 0.262 e. The Morgan fingerprint density at radius 1 is 0.958 bits per heavy atom. The molecule has 2 aromatic rings. The van der Waals surface area contributed by atoms with Crippen LogP contribution in [0, 0.1) is 0 Å². The zero-order valence-corrected chi connectivity index (χ0v) is 14.3. The molecule has 0 aliphatic carbocycles. The Labute approximate surface area is 140 Å². The van der Waals surface area contributed by atoms with E-state index in [2.05, 4.69) is 10.0 Å². The van der Waals surface area contributed by atoms with Gasteiger partial charge in [0.25, 0.3) is 10.0 Å². The van der Waals surface area contributed by atoms with Crippen LogP contribution < -0.4 is 19.5 Å². The van der Waals surface area contributed by atoms with Crippen molar-refractivity contribution < 1.29 is 22.7 Å². The Bertz CT molecular complexity index is 849. The summed E-state index contributed by atoms with van der Waals surface area (Å²) < 4.78 is 37.9. The lowest BCUT2D eigenvalue weighted by atomic mass is 10.3. The zero-order chi connectivity index (χ0) is 17.7. The van der Waals surface area contributed by atoms with Crippen molar-refractivity contribution in [1.82, 2.24) is 0 Å². The van der Waals surface area contributed by atoms with Gasteiger partial charge in [0.05, 0.1) is 30.5 Å². The standard InChI is InChI=1S/C16H18N2O5S/c1-11(19)17-13-6-4-5-7-14(13)18-24(20,21)12-8-9-15(22-2)16(10-12)23-3/h4-10,18H,1-3H3,(H,17,19). The Balaban J connectivity index is 2.37. The molecule has 0 bridgehead atoms. The molecule has 0 unspecified atom stereocenters. The van der Waals surface area contributed by atoms with Gasteiger partial charge in [-0.25, -0.2) is 8.42 Å². The number of anilines is 2. The summed E-state index contributed by atoms with van der Waals surface area (Å²) >= 11 is 0. The van der Waals surface area contributed by atoms with E-state index >= 15 is 0 Å². The molecule has 2 rings (SSSR count). The van der Waals surface area contributed by atoms with Crippen LogP contribution >= 0.6 is 0 Å². The molecule has 0 aliphatic rings. The molecule has 1 amide bonds. The molecule has 0 radical (unpaired) electrons. The minimum atomic E-state index is -3.87. The number of nitrogens with one attached hydrogen (secondary N) is 2. The van der Waals surface area contributed by atoms with Crippen molar-refractivity contribution in [2.24, 2.45) is 0 Å². The molecule has 128 valence electrons. The van der Waals surface area contributed by atoms with Crippen molar-refractivity contribution in [3.63, 3.8) is 0 Å². The van der Waals surface area contributed by atoms with Crippen LogP contribution in [0.15, 0.2) is 47.4 Å². The number of methoxy groups -OCH3 is 2. The van der Waals surface area contributed by atoms with Gasteiger partial charge in [-0.3, -0.25) is 9.52 Å². The topological polar surface area (TPSA) is 93.7 Å². The molecular weight excluding hydrogens is 332 g/mol. The molecule has 0 atom stereocenters. The number of para-hydroxylation sites is 2. The first-order valence-corrected chi connectivity index (χ1v) is 8.47. The van der Waals surface area contributed by atoms with Crippen LogP contribution in [0.5, 0.6) is 11.5 Å². The number of amides is 1. The number of hydrogen-bond donors (Lipinski definition) is 2. The van der Waals surface area contributed by atoms with Crippen LogP contribution in [0.1, 0.15) is 6.92 Å². The first-order chi connectivity index (χ1) is 11.4. The molecule has 0 fully saturated rings. The first kappa shape index (κ1) is 17.6. The fourth-order valence-electron chi connectivity index (χ4n) is 2.06. The quantitative estimate of drug-likeness (QED) is 0.835. The third-order valence-corrected chi connectivity index (χ3v) is 4.51. The van der Waals surface area contributed by atoms with Crippen molar-refractivity contribution >= 4 is 27.3 Å². The van der Waals surface area contributed by atoms with Gasteiger partial charge in [0.1, 0.15) is 0 Å². The molecule has 24 heavy (non-hydrogen) atoms. The van der Waals surface area contributed by atoms with Gasteiger partial charge >= 0.3 is 0 Å². The van der Waals surface area contributed by atoms with Crippen LogP contribution in [0.3, 0.4) is 0 Å². The number of rotatable bonds is 6. The van der Waals surface area contributed by atoms with Crippen molar-refractivity contribution in [2.45, 2.75) is 11.8 Å². The Morgan fingerprint density at radius 3 is 2.17 bits per heavy atom. The molecule has 0 saturated heterocycles. The van der Waals surface area contributed by atoms with Gasteiger partial charge in [0, 0.05) is 13.0 Å². The predicted molar refractivity (Wildman–Crippen MR) is 91.1 cm³/mol. The van der Waals surface area contributed by atoms with Crippen molar-refractivity contribution in [2.75, 3.05) is 24.3 Å². The van der Waals surface area contributed by atoms with E-state index in [4.69, 9.17) is 9.47 Å². The number of ether oxygens (including phenoxy) is 2. The lowest BCUT2D eigenvalue weighted by Gasteiger charge is -2.14. The third kappa shape index (κ3) is 3.96. The lowest BCUT2D eigenvalue weighted by Crippen LogP contribution is -2.16. The summed E-state index contributed by atoms with van der Waals surface area (Å²) in [5.74, 6) is 0.429. The van der Waals surface area contributed by atoms with Gasteiger partial charge in [-0.05, 0) is 24.3 Å². The second-order valence-corrected chi connectivity index (χ2v) is 6.53. The lowest BCUT2D eigenvalue weighted by molar-refractivity contribution is -0.114. The average molecular weight is 350 g/mol. The van der Waals surface area contributed by atoms with E-state index in [1.165, 1.54) is 39.3 Å². The number of benzene rings is 2. The SMILES string of the molecule is COc1ccc(S(=O)(=O)Nc2ccccc2NC(C)=O)cc1OC. The highest BCUT2D eigenvalue weighted by Gasteiger charge is 2.18. The van der Waals surface area contributed by atoms with Crippen molar-refractivity contribution in [3.8, 4) is 11.5 Å². The molecule has 0 spiro atoms. The van der Waals surface area contributed by atoms with Gasteiger partial charge in [-0.15, -0.1) is 0 Å². The monoisotopic (exact) mass is 350 g/mol. The van der Waals surface area contributed by atoms with E-state index in [1.54, 1.807) is 24.3 Å². The van der Waals surface area contributed by atoms with Gasteiger partial charge in [0.15, 0.2) is 11.5 Å². The van der Waals surface area contributed by atoms with Crippen LogP contribution in [0.2, 0.25) is 0 Å². The number of carbonyl (C=O) groups is 1. The van der Waals surface area contributed by atoms with E-state index < -0.39 is 10.0 Å². The zero-order valence-electron chi connectivity index (χ0n) is 13.5. The van der Waals surface area contributed by atoms with Gasteiger partial charge in [0.2, 0.25) is 5.91 Å². The molecule has 0 aliphatic heterocycles. The van der Waals surface area contributed by atoms with E-state index in [0.717, 1.165) is 0 Å². The average Bonchev–Trinajstić information content (AvgIpc) is 2.55. The maximum absolute atomic E-state index is 12.6. The fourth-order valence-corrected chi connectivity index (χ4v) is 3.15. The minimum Gasteiger partial charge on any atom is -0.493 e. The number of carbonyl (C=O) groups excluding carboxylic acids is 1. The van der Waals surface area contributed by atoms with E-state index in [9.17, 15) is 13.2 Å². The Hall–Kier alpha value is -2.74. The summed E-state index contributed by atoms with van der Waals surface area (Å²) in [6.07, 6.45) is 0. The summed E-state index contributed by atoms with van der Waals surface area (Å²) in [6.45, 7) is 1.35. The first-order valence-electron chi connectivity index (χ1n) is 6.99. The number of sulfonamides is 1. The molecular formula is C16H18N2O5S. The summed E-state index contributed by atoms with van der Waals surface area (Å²) in [5.41, 5.74) is 0.636. The van der Waals surface area contributed by atoms with Gasteiger partial charge in [-0.2, -0.15) is 0 Å². The van der Waals surface area contributed by atoms with Gasteiger partial charge in [-0.1, -0.05) is 12.1 Å². The van der Waals surface area contributed by atoms with Crippen molar-refractivity contribution in [3.05, 3.63) is 42.5 Å². The fraction of sp³-hybridized carbons (Fsp3) is 0.188. The molecule has 0 heterocycles. The second kappa shape index (κ2) is 7.22. The maximum atomic E-state index is 12.6. The molecule has 2 aromatic carbocycles. The molecule has 8 heteroatoms. The van der Waals surface area contributed by atoms with Crippen LogP contribution in [-0.2, 0) is 14.8 Å². The molecule has 2 N–H and O–H groups in total. The minimum absolute atomic E-state index is 0.0118. The normalized spacial score (nSPS) is 10.8. The smallest absolute Gasteiger partial charge is 0.262 e. The summed E-state index contributed by atoms with van der Waals surface area (Å²) in [6, 6.07) is 10.8.